The van der Waals surface area contributed by atoms with Gasteiger partial charge in [0, 0.05) is 37.4 Å². The summed E-state index contributed by atoms with van der Waals surface area (Å²) < 4.78 is 46.3. The summed E-state index contributed by atoms with van der Waals surface area (Å²) in [6.45, 7) is 2.94. The van der Waals surface area contributed by atoms with Gasteiger partial charge in [0.1, 0.15) is 5.82 Å². The second kappa shape index (κ2) is 10.5. The summed E-state index contributed by atoms with van der Waals surface area (Å²) in [6.07, 6.45) is 2.59. The molecule has 0 bridgehead atoms. The van der Waals surface area contributed by atoms with Gasteiger partial charge in [0.25, 0.3) is 11.8 Å². The number of amides is 2. The number of carbonyl (C=O) groups is 2. The number of sulfonamides is 1. The predicted octanol–water partition coefficient (Wildman–Crippen LogP) is 1.91. The molecule has 0 unspecified atom stereocenters. The van der Waals surface area contributed by atoms with E-state index in [1.807, 2.05) is 4.90 Å². The minimum Gasteiger partial charge on any atom is -0.378 e. The van der Waals surface area contributed by atoms with Crippen LogP contribution in [0.25, 0.3) is 0 Å². The van der Waals surface area contributed by atoms with Gasteiger partial charge in [-0.25, -0.2) is 12.8 Å². The Labute approximate surface area is 197 Å². The lowest BCUT2D eigenvalue weighted by Gasteiger charge is -2.31. The van der Waals surface area contributed by atoms with Crippen molar-refractivity contribution >= 4 is 27.5 Å². The van der Waals surface area contributed by atoms with E-state index in [1.165, 1.54) is 28.6 Å². The van der Waals surface area contributed by atoms with Crippen molar-refractivity contribution in [2.24, 2.45) is 0 Å². The molecule has 11 heteroatoms. The molecule has 9 nitrogen and oxygen atoms in total. The average Bonchev–Trinajstić information content (AvgIpc) is 2.88. The third kappa shape index (κ3) is 5.37. The first-order valence-corrected chi connectivity index (χ1v) is 12.6. The van der Waals surface area contributed by atoms with Gasteiger partial charge in [0.15, 0.2) is 0 Å². The van der Waals surface area contributed by atoms with Crippen molar-refractivity contribution in [3.8, 4) is 0 Å². The Bertz CT molecular complexity index is 1140. The summed E-state index contributed by atoms with van der Waals surface area (Å²) in [5.74, 6) is -1.77. The molecule has 0 radical (unpaired) electrons. The van der Waals surface area contributed by atoms with Crippen LogP contribution in [0.3, 0.4) is 0 Å². The number of hydrogen-bond donors (Lipinski definition) is 2. The second-order valence-electron chi connectivity index (χ2n) is 8.16. The van der Waals surface area contributed by atoms with E-state index in [1.54, 1.807) is 6.07 Å². The highest BCUT2D eigenvalue weighted by Crippen LogP contribution is 2.28. The van der Waals surface area contributed by atoms with Gasteiger partial charge in [-0.3, -0.25) is 20.4 Å². The minimum absolute atomic E-state index is 0.0291. The molecular formula is C23H27FN4O5S. The lowest BCUT2D eigenvalue weighted by molar-refractivity contribution is 0.0846. The number of anilines is 1. The number of ether oxygens (including phenoxy) is 1. The molecule has 2 fully saturated rings. The summed E-state index contributed by atoms with van der Waals surface area (Å²) >= 11 is 0. The molecular weight excluding hydrogens is 463 g/mol. The number of halogens is 1. The van der Waals surface area contributed by atoms with E-state index in [9.17, 15) is 22.4 Å². The van der Waals surface area contributed by atoms with Gasteiger partial charge < -0.3 is 9.64 Å². The second-order valence-corrected chi connectivity index (χ2v) is 10.1. The van der Waals surface area contributed by atoms with Crippen LogP contribution in [0.4, 0.5) is 10.1 Å². The Morgan fingerprint density at radius 1 is 0.853 bits per heavy atom. The first-order chi connectivity index (χ1) is 16.4. The molecule has 0 saturated carbocycles. The number of hydrogen-bond acceptors (Lipinski definition) is 6. The highest BCUT2D eigenvalue weighted by molar-refractivity contribution is 7.89. The van der Waals surface area contributed by atoms with Crippen LogP contribution in [0.5, 0.6) is 0 Å². The number of carbonyl (C=O) groups excluding carboxylic acids is 2. The van der Waals surface area contributed by atoms with Gasteiger partial charge >= 0.3 is 0 Å². The Morgan fingerprint density at radius 2 is 1.50 bits per heavy atom. The summed E-state index contributed by atoms with van der Waals surface area (Å²) in [7, 11) is -3.76. The summed E-state index contributed by atoms with van der Waals surface area (Å²) in [6, 6.07) is 9.36. The SMILES string of the molecule is O=C(NNC(=O)c1cc(S(=O)(=O)N2CCCCC2)ccc1N1CCOCC1)c1ccc(F)cc1. The molecule has 0 atom stereocenters. The molecule has 2 aromatic carbocycles. The molecule has 0 spiro atoms. The van der Waals surface area contributed by atoms with E-state index in [0.717, 1.165) is 31.4 Å². The monoisotopic (exact) mass is 490 g/mol. The molecule has 2 aromatic rings. The number of nitrogens with zero attached hydrogens (tertiary/aromatic N) is 2. The molecule has 2 saturated heterocycles. The van der Waals surface area contributed by atoms with Gasteiger partial charge in [-0.1, -0.05) is 6.42 Å². The fourth-order valence-electron chi connectivity index (χ4n) is 4.05. The summed E-state index contributed by atoms with van der Waals surface area (Å²) in [4.78, 5) is 27.4. The molecule has 2 aliphatic heterocycles. The van der Waals surface area contributed by atoms with E-state index in [-0.39, 0.29) is 16.0 Å². The maximum atomic E-state index is 13.2. The number of nitrogens with one attached hydrogen (secondary N) is 2. The lowest BCUT2D eigenvalue weighted by Crippen LogP contribution is -2.43. The first kappa shape index (κ1) is 24.1. The predicted molar refractivity (Wildman–Crippen MR) is 123 cm³/mol. The number of rotatable bonds is 5. The van der Waals surface area contributed by atoms with E-state index >= 15 is 0 Å². The van der Waals surface area contributed by atoms with Gasteiger partial charge in [-0.05, 0) is 55.3 Å². The molecule has 2 heterocycles. The van der Waals surface area contributed by atoms with Crippen LogP contribution in [0.15, 0.2) is 47.4 Å². The first-order valence-electron chi connectivity index (χ1n) is 11.2. The molecule has 2 N–H and O–H groups in total. The number of hydrazine groups is 1. The van der Waals surface area contributed by atoms with Crippen molar-refractivity contribution < 1.29 is 27.1 Å². The normalized spacial score (nSPS) is 17.3. The number of morpholine rings is 1. The Morgan fingerprint density at radius 3 is 2.18 bits per heavy atom. The van der Waals surface area contributed by atoms with Crippen LogP contribution < -0.4 is 15.8 Å². The molecule has 0 aliphatic carbocycles. The van der Waals surface area contributed by atoms with Crippen LogP contribution in [0.1, 0.15) is 40.0 Å². The van der Waals surface area contributed by atoms with Gasteiger partial charge in [0.2, 0.25) is 10.0 Å². The largest absolute Gasteiger partial charge is 0.378 e. The van der Waals surface area contributed by atoms with Crippen molar-refractivity contribution in [3.05, 3.63) is 59.4 Å². The number of benzene rings is 2. The Balaban J connectivity index is 1.59. The third-order valence-electron chi connectivity index (χ3n) is 5.91. The quantitative estimate of drug-likeness (QED) is 0.620. The van der Waals surface area contributed by atoms with E-state index in [0.29, 0.717) is 45.1 Å². The smallest absolute Gasteiger partial charge is 0.271 e. The summed E-state index contributed by atoms with van der Waals surface area (Å²) in [5, 5.41) is 0. The highest BCUT2D eigenvalue weighted by atomic mass is 32.2. The van der Waals surface area contributed by atoms with Gasteiger partial charge in [-0.2, -0.15) is 4.31 Å². The Hall–Kier alpha value is -3.02. The fourth-order valence-corrected chi connectivity index (χ4v) is 5.59. The Kier molecular flexibility index (Phi) is 7.44. The highest BCUT2D eigenvalue weighted by Gasteiger charge is 2.28. The van der Waals surface area contributed by atoms with E-state index in [2.05, 4.69) is 10.9 Å². The van der Waals surface area contributed by atoms with Crippen molar-refractivity contribution in [2.45, 2.75) is 24.2 Å². The van der Waals surface area contributed by atoms with Crippen LogP contribution in [0.2, 0.25) is 0 Å². The van der Waals surface area contributed by atoms with Crippen molar-refractivity contribution in [1.29, 1.82) is 0 Å². The molecule has 34 heavy (non-hydrogen) atoms. The van der Waals surface area contributed by atoms with Gasteiger partial charge in [-0.15, -0.1) is 0 Å². The van der Waals surface area contributed by atoms with Crippen LogP contribution in [-0.2, 0) is 14.8 Å². The van der Waals surface area contributed by atoms with Gasteiger partial charge in [0.05, 0.1) is 23.7 Å². The zero-order valence-corrected chi connectivity index (χ0v) is 19.4. The third-order valence-corrected chi connectivity index (χ3v) is 7.81. The van der Waals surface area contributed by atoms with E-state index < -0.39 is 27.7 Å². The minimum atomic E-state index is -3.76. The standard InChI is InChI=1S/C23H27FN4O5S/c24-18-6-4-17(5-7-18)22(29)25-26-23(30)20-16-19(34(31,32)28-10-2-1-3-11-28)8-9-21(20)27-12-14-33-15-13-27/h4-9,16H,1-3,10-15H2,(H,25,29)(H,26,30). The average molecular weight is 491 g/mol. The maximum absolute atomic E-state index is 13.2. The topological polar surface area (TPSA) is 108 Å². The van der Waals surface area contributed by atoms with E-state index in [4.69, 9.17) is 4.74 Å². The molecule has 2 amide bonds. The van der Waals surface area contributed by atoms with Crippen LogP contribution in [0, 0.1) is 5.82 Å². The molecule has 4 rings (SSSR count). The van der Waals surface area contributed by atoms with Crippen LogP contribution >= 0.6 is 0 Å². The molecule has 2 aliphatic rings. The van der Waals surface area contributed by atoms with Crippen molar-refractivity contribution in [1.82, 2.24) is 15.2 Å². The van der Waals surface area contributed by atoms with Crippen LogP contribution in [-0.4, -0.2) is 63.9 Å². The lowest BCUT2D eigenvalue weighted by atomic mass is 10.1. The zero-order valence-electron chi connectivity index (χ0n) is 18.6. The fraction of sp³-hybridized carbons (Fsp3) is 0.391. The summed E-state index contributed by atoms with van der Waals surface area (Å²) in [5.41, 5.74) is 5.49. The maximum Gasteiger partial charge on any atom is 0.271 e. The molecule has 182 valence electrons. The molecule has 0 aromatic heterocycles. The van der Waals surface area contributed by atoms with Crippen molar-refractivity contribution in [3.63, 3.8) is 0 Å². The number of piperidine rings is 1. The zero-order chi connectivity index (χ0) is 24.1. The van der Waals surface area contributed by atoms with Crippen molar-refractivity contribution in [2.75, 3.05) is 44.3 Å².